The Bertz CT molecular complexity index is 1440. The minimum Gasteiger partial charge on any atom is -0.465 e. The van der Waals surface area contributed by atoms with Crippen LogP contribution in [-0.2, 0) is 20.7 Å². The number of hydrogen-bond acceptors (Lipinski definition) is 7. The summed E-state index contributed by atoms with van der Waals surface area (Å²) in [4.78, 5) is 37.7. The predicted octanol–water partition coefficient (Wildman–Crippen LogP) is 3.69. The third-order valence-electron chi connectivity index (χ3n) is 5.52. The van der Waals surface area contributed by atoms with E-state index in [0.29, 0.717) is 33.2 Å². The average Bonchev–Trinajstić information content (AvgIpc) is 3.47. The molecule has 38 heavy (non-hydrogen) atoms. The molecule has 0 bridgehead atoms. The number of esters is 1. The van der Waals surface area contributed by atoms with Gasteiger partial charge in [0, 0.05) is 28.8 Å². The maximum absolute atomic E-state index is 13.2. The van der Waals surface area contributed by atoms with Crippen molar-refractivity contribution in [2.24, 2.45) is 0 Å². The second-order valence-corrected chi connectivity index (χ2v) is 8.56. The van der Waals surface area contributed by atoms with Crippen LogP contribution in [0.5, 0.6) is 0 Å². The fourth-order valence-electron chi connectivity index (χ4n) is 3.64. The van der Waals surface area contributed by atoms with Gasteiger partial charge >= 0.3 is 5.97 Å². The Hall–Kier alpha value is -4.83. The average molecular weight is 531 g/mol. The SMILES string of the molecule is COC(=O)c1ccc(NC(=O)[C@H](Cc2ccccc2)NC(=O)/C=C/c2cc(Cl)ccc2-c2nnn[nH]2)cc1. The lowest BCUT2D eigenvalue weighted by Crippen LogP contribution is -2.44. The summed E-state index contributed by atoms with van der Waals surface area (Å²) >= 11 is 6.15. The molecule has 1 aromatic heterocycles. The molecule has 4 rings (SSSR count). The van der Waals surface area contributed by atoms with E-state index in [1.807, 2.05) is 30.3 Å². The Morgan fingerprint density at radius 1 is 1.05 bits per heavy atom. The summed E-state index contributed by atoms with van der Waals surface area (Å²) in [6.45, 7) is 0. The van der Waals surface area contributed by atoms with Crippen LogP contribution in [0.1, 0.15) is 21.5 Å². The zero-order valence-corrected chi connectivity index (χ0v) is 21.0. The fraction of sp³-hybridized carbons (Fsp3) is 0.111. The Morgan fingerprint density at radius 3 is 2.50 bits per heavy atom. The lowest BCUT2D eigenvalue weighted by atomic mass is 10.0. The number of anilines is 1. The van der Waals surface area contributed by atoms with Crippen LogP contribution in [0.3, 0.4) is 0 Å². The van der Waals surface area contributed by atoms with Crippen molar-refractivity contribution in [1.29, 1.82) is 0 Å². The molecule has 0 aliphatic heterocycles. The van der Waals surface area contributed by atoms with Gasteiger partial charge in [-0.2, -0.15) is 0 Å². The third-order valence-corrected chi connectivity index (χ3v) is 5.75. The Balaban J connectivity index is 1.51. The summed E-state index contributed by atoms with van der Waals surface area (Å²) < 4.78 is 4.70. The van der Waals surface area contributed by atoms with E-state index in [2.05, 4.69) is 31.3 Å². The first-order valence-corrected chi connectivity index (χ1v) is 11.9. The lowest BCUT2D eigenvalue weighted by Gasteiger charge is -2.18. The summed E-state index contributed by atoms with van der Waals surface area (Å²) in [5.41, 5.74) is 2.95. The van der Waals surface area contributed by atoms with Crippen LogP contribution in [-0.4, -0.2) is 51.6 Å². The number of tetrazole rings is 1. The van der Waals surface area contributed by atoms with Gasteiger partial charge in [-0.15, -0.1) is 5.10 Å². The number of amides is 2. The van der Waals surface area contributed by atoms with Crippen molar-refractivity contribution in [3.05, 3.63) is 101 Å². The monoisotopic (exact) mass is 530 g/mol. The predicted molar refractivity (Wildman–Crippen MR) is 142 cm³/mol. The molecule has 4 aromatic rings. The molecule has 192 valence electrons. The molecule has 1 atom stereocenters. The van der Waals surface area contributed by atoms with Crippen LogP contribution < -0.4 is 10.6 Å². The Labute approximate surface area is 223 Å². The number of carbonyl (C=O) groups is 3. The largest absolute Gasteiger partial charge is 0.465 e. The quantitative estimate of drug-likeness (QED) is 0.221. The highest BCUT2D eigenvalue weighted by Crippen LogP contribution is 2.24. The van der Waals surface area contributed by atoms with Gasteiger partial charge in [0.15, 0.2) is 5.82 Å². The van der Waals surface area contributed by atoms with Crippen LogP contribution in [0.25, 0.3) is 17.5 Å². The van der Waals surface area contributed by atoms with Crippen LogP contribution in [0.2, 0.25) is 5.02 Å². The number of nitrogens with one attached hydrogen (secondary N) is 3. The van der Waals surface area contributed by atoms with Gasteiger partial charge in [0.05, 0.1) is 12.7 Å². The van der Waals surface area contributed by atoms with Gasteiger partial charge in [0.25, 0.3) is 0 Å². The third kappa shape index (κ3) is 6.89. The van der Waals surface area contributed by atoms with E-state index in [1.165, 1.54) is 13.2 Å². The second-order valence-electron chi connectivity index (χ2n) is 8.12. The number of carbonyl (C=O) groups excluding carboxylic acids is 3. The molecule has 0 radical (unpaired) electrons. The highest BCUT2D eigenvalue weighted by Gasteiger charge is 2.21. The molecule has 2 amide bonds. The van der Waals surface area contributed by atoms with Crippen LogP contribution >= 0.6 is 11.6 Å². The number of ether oxygens (including phenoxy) is 1. The van der Waals surface area contributed by atoms with Gasteiger partial charge in [-0.25, -0.2) is 9.89 Å². The van der Waals surface area contributed by atoms with Gasteiger partial charge in [0.1, 0.15) is 6.04 Å². The van der Waals surface area contributed by atoms with Crippen molar-refractivity contribution in [3.63, 3.8) is 0 Å². The first-order chi connectivity index (χ1) is 18.4. The number of benzene rings is 3. The van der Waals surface area contributed by atoms with E-state index in [0.717, 1.165) is 5.56 Å². The van der Waals surface area contributed by atoms with Crippen molar-refractivity contribution in [2.75, 3.05) is 12.4 Å². The summed E-state index contributed by atoms with van der Waals surface area (Å²) in [5, 5.41) is 19.8. The highest BCUT2D eigenvalue weighted by atomic mass is 35.5. The lowest BCUT2D eigenvalue weighted by molar-refractivity contribution is -0.123. The Morgan fingerprint density at radius 2 is 1.82 bits per heavy atom. The molecule has 3 aromatic carbocycles. The smallest absolute Gasteiger partial charge is 0.337 e. The summed E-state index contributed by atoms with van der Waals surface area (Å²) in [6, 6.07) is 19.8. The first-order valence-electron chi connectivity index (χ1n) is 11.5. The van der Waals surface area contributed by atoms with E-state index in [1.54, 1.807) is 48.5 Å². The van der Waals surface area contributed by atoms with Gasteiger partial charge < -0.3 is 15.4 Å². The molecule has 0 fully saturated rings. The summed E-state index contributed by atoms with van der Waals surface area (Å²) in [6.07, 6.45) is 3.15. The Kier molecular flexibility index (Phi) is 8.57. The zero-order valence-electron chi connectivity index (χ0n) is 20.2. The number of halogens is 1. The van der Waals surface area contributed by atoms with E-state index in [-0.39, 0.29) is 6.42 Å². The van der Waals surface area contributed by atoms with Crippen LogP contribution in [0.15, 0.2) is 78.9 Å². The maximum atomic E-state index is 13.2. The van der Waals surface area contributed by atoms with E-state index < -0.39 is 23.8 Å². The van der Waals surface area contributed by atoms with Crippen molar-refractivity contribution in [1.82, 2.24) is 25.9 Å². The fourth-order valence-corrected chi connectivity index (χ4v) is 3.82. The summed E-state index contributed by atoms with van der Waals surface area (Å²) in [7, 11) is 1.29. The number of rotatable bonds is 9. The second kappa shape index (κ2) is 12.4. The molecule has 10 nitrogen and oxygen atoms in total. The molecule has 0 saturated carbocycles. The standard InChI is InChI=1S/C27H23ClN6O4/c1-38-27(37)18-7-11-21(12-8-18)29-26(36)23(15-17-5-3-2-4-6-17)30-24(35)14-9-19-16-20(28)10-13-22(19)25-31-33-34-32-25/h2-14,16,23H,15H2,1H3,(H,29,36)(H,30,35)(H,31,32,33,34)/b14-9+/t23-/m0/s1. The minimum atomic E-state index is -0.882. The van der Waals surface area contributed by atoms with E-state index in [4.69, 9.17) is 16.3 Å². The molecular formula is C27H23ClN6O4. The number of hydrogen-bond donors (Lipinski definition) is 3. The van der Waals surface area contributed by atoms with Gasteiger partial charge in [-0.05, 0) is 70.1 Å². The summed E-state index contributed by atoms with van der Waals surface area (Å²) in [5.74, 6) is -0.964. The molecule has 0 saturated heterocycles. The molecule has 1 heterocycles. The van der Waals surface area contributed by atoms with Gasteiger partial charge in [0.2, 0.25) is 11.8 Å². The number of methoxy groups -OCH3 is 1. The first kappa shape index (κ1) is 26.2. The van der Waals surface area contributed by atoms with E-state index >= 15 is 0 Å². The van der Waals surface area contributed by atoms with Crippen molar-refractivity contribution in [3.8, 4) is 11.4 Å². The normalized spacial score (nSPS) is 11.6. The minimum absolute atomic E-state index is 0.263. The molecule has 0 unspecified atom stereocenters. The van der Waals surface area contributed by atoms with Crippen molar-refractivity contribution < 1.29 is 19.1 Å². The van der Waals surface area contributed by atoms with Gasteiger partial charge in [-0.3, -0.25) is 9.59 Å². The van der Waals surface area contributed by atoms with Crippen molar-refractivity contribution >= 4 is 41.1 Å². The molecular weight excluding hydrogens is 508 g/mol. The maximum Gasteiger partial charge on any atom is 0.337 e. The zero-order chi connectivity index (χ0) is 26.9. The van der Waals surface area contributed by atoms with E-state index in [9.17, 15) is 14.4 Å². The molecule has 3 N–H and O–H groups in total. The topological polar surface area (TPSA) is 139 Å². The molecule has 0 spiro atoms. The number of aromatic nitrogens is 4. The van der Waals surface area contributed by atoms with Crippen LogP contribution in [0.4, 0.5) is 5.69 Å². The number of nitrogens with zero attached hydrogens (tertiary/aromatic N) is 3. The molecule has 11 heteroatoms. The number of H-pyrrole nitrogens is 1. The highest BCUT2D eigenvalue weighted by molar-refractivity contribution is 6.30. The van der Waals surface area contributed by atoms with Crippen molar-refractivity contribution in [2.45, 2.75) is 12.5 Å². The van der Waals surface area contributed by atoms with Gasteiger partial charge in [-0.1, -0.05) is 41.9 Å². The molecule has 0 aliphatic rings. The van der Waals surface area contributed by atoms with Crippen LogP contribution in [0, 0.1) is 0 Å². The molecule has 0 aliphatic carbocycles. The number of aromatic amines is 1.